The maximum atomic E-state index is 12.9. The summed E-state index contributed by atoms with van der Waals surface area (Å²) in [5, 5.41) is 9.11. The van der Waals surface area contributed by atoms with Crippen LogP contribution in [0.1, 0.15) is 53.2 Å². The van der Waals surface area contributed by atoms with Gasteiger partial charge in [-0.2, -0.15) is 0 Å². The molecule has 5 nitrogen and oxygen atoms in total. The van der Waals surface area contributed by atoms with Crippen LogP contribution >= 0.6 is 0 Å². The maximum absolute atomic E-state index is 12.9. The number of rotatable bonds is 4. The van der Waals surface area contributed by atoms with Crippen molar-refractivity contribution in [2.45, 2.75) is 39.2 Å². The number of aryl methyl sites for hydroxylation is 1. The van der Waals surface area contributed by atoms with Gasteiger partial charge in [-0.3, -0.25) is 4.79 Å². The molecule has 5 heteroatoms. The Labute approximate surface area is 147 Å². The van der Waals surface area contributed by atoms with Crippen molar-refractivity contribution < 1.29 is 19.1 Å². The lowest BCUT2D eigenvalue weighted by atomic mass is 9.90. The van der Waals surface area contributed by atoms with Gasteiger partial charge in [0.2, 0.25) is 5.91 Å². The molecule has 1 aromatic carbocycles. The summed E-state index contributed by atoms with van der Waals surface area (Å²) in [6.07, 6.45) is 2.05. The molecule has 2 heterocycles. The zero-order valence-corrected chi connectivity index (χ0v) is 14.6. The smallest absolute Gasteiger partial charge is 0.335 e. The first-order valence-corrected chi connectivity index (χ1v) is 8.62. The molecule has 1 saturated heterocycles. The van der Waals surface area contributed by atoms with Crippen molar-refractivity contribution in [2.75, 3.05) is 6.54 Å². The van der Waals surface area contributed by atoms with E-state index in [0.717, 1.165) is 29.9 Å². The van der Waals surface area contributed by atoms with Crippen LogP contribution in [-0.2, 0) is 11.2 Å². The van der Waals surface area contributed by atoms with E-state index in [0.29, 0.717) is 12.5 Å². The quantitative estimate of drug-likeness (QED) is 0.917. The Kier molecular flexibility index (Phi) is 4.93. The predicted octanol–water partition coefficient (Wildman–Crippen LogP) is 3.83. The highest BCUT2D eigenvalue weighted by Crippen LogP contribution is 2.35. The second-order valence-electron chi connectivity index (χ2n) is 6.86. The lowest BCUT2D eigenvalue weighted by Crippen LogP contribution is -2.41. The van der Waals surface area contributed by atoms with Crippen molar-refractivity contribution in [1.29, 1.82) is 0 Å². The monoisotopic (exact) mass is 341 g/mol. The first-order valence-electron chi connectivity index (χ1n) is 8.62. The SMILES string of the molecule is Cc1ccc(C2CC(C)CCN2C(=O)Cc2cccc(C(=O)O)c2)o1. The van der Waals surface area contributed by atoms with Crippen molar-refractivity contribution in [1.82, 2.24) is 4.90 Å². The van der Waals surface area contributed by atoms with Gasteiger partial charge in [-0.1, -0.05) is 19.1 Å². The van der Waals surface area contributed by atoms with Gasteiger partial charge in [-0.25, -0.2) is 4.79 Å². The first-order chi connectivity index (χ1) is 11.9. The van der Waals surface area contributed by atoms with Crippen LogP contribution in [0.2, 0.25) is 0 Å². The molecule has 1 fully saturated rings. The number of likely N-dealkylation sites (tertiary alicyclic amines) is 1. The summed E-state index contributed by atoms with van der Waals surface area (Å²) >= 11 is 0. The van der Waals surface area contributed by atoms with Gasteiger partial charge in [0.1, 0.15) is 11.5 Å². The fraction of sp³-hybridized carbons (Fsp3) is 0.400. The normalized spacial score (nSPS) is 20.5. The number of benzene rings is 1. The average Bonchev–Trinajstić information content (AvgIpc) is 3.01. The van der Waals surface area contributed by atoms with E-state index in [1.54, 1.807) is 18.2 Å². The number of hydrogen-bond acceptors (Lipinski definition) is 3. The average molecular weight is 341 g/mol. The van der Waals surface area contributed by atoms with Gasteiger partial charge in [-0.15, -0.1) is 0 Å². The van der Waals surface area contributed by atoms with Gasteiger partial charge in [0, 0.05) is 6.54 Å². The zero-order valence-electron chi connectivity index (χ0n) is 14.6. The number of carboxylic acids is 1. The van der Waals surface area contributed by atoms with Crippen molar-refractivity contribution >= 4 is 11.9 Å². The fourth-order valence-electron chi connectivity index (χ4n) is 3.43. The van der Waals surface area contributed by atoms with Crippen LogP contribution in [0.25, 0.3) is 0 Å². The van der Waals surface area contributed by atoms with Gasteiger partial charge in [-0.05, 0) is 55.5 Å². The summed E-state index contributed by atoms with van der Waals surface area (Å²) in [6, 6.07) is 10.4. The second-order valence-corrected chi connectivity index (χ2v) is 6.86. The molecular formula is C20H23NO4. The molecule has 0 spiro atoms. The number of furan rings is 1. The van der Waals surface area contributed by atoms with Crippen molar-refractivity contribution in [2.24, 2.45) is 5.92 Å². The largest absolute Gasteiger partial charge is 0.478 e. The zero-order chi connectivity index (χ0) is 18.0. The molecular weight excluding hydrogens is 318 g/mol. The topological polar surface area (TPSA) is 70.8 Å². The van der Waals surface area contributed by atoms with Crippen molar-refractivity contribution in [3.05, 3.63) is 59.0 Å². The second kappa shape index (κ2) is 7.13. The molecule has 0 bridgehead atoms. The Bertz CT molecular complexity index is 780. The van der Waals surface area contributed by atoms with E-state index >= 15 is 0 Å². The summed E-state index contributed by atoms with van der Waals surface area (Å²) in [5.41, 5.74) is 0.925. The minimum Gasteiger partial charge on any atom is -0.478 e. The number of nitrogens with zero attached hydrogens (tertiary/aromatic N) is 1. The van der Waals surface area contributed by atoms with E-state index < -0.39 is 5.97 Å². The summed E-state index contributed by atoms with van der Waals surface area (Å²) < 4.78 is 5.78. The molecule has 1 amide bonds. The number of carbonyl (C=O) groups excluding carboxylic acids is 1. The highest BCUT2D eigenvalue weighted by atomic mass is 16.4. The lowest BCUT2D eigenvalue weighted by molar-refractivity contribution is -0.135. The van der Waals surface area contributed by atoms with Crippen LogP contribution in [0, 0.1) is 12.8 Å². The predicted molar refractivity (Wildman–Crippen MR) is 93.4 cm³/mol. The third kappa shape index (κ3) is 3.92. The molecule has 0 radical (unpaired) electrons. The van der Waals surface area contributed by atoms with Crippen LogP contribution in [0.15, 0.2) is 40.8 Å². The Morgan fingerprint density at radius 2 is 2.08 bits per heavy atom. The molecule has 3 rings (SSSR count). The minimum atomic E-state index is -0.981. The van der Waals surface area contributed by atoms with E-state index in [9.17, 15) is 9.59 Å². The molecule has 2 unspecified atom stereocenters. The van der Waals surface area contributed by atoms with Crippen molar-refractivity contribution in [3.8, 4) is 0 Å². The Hall–Kier alpha value is -2.56. The number of amides is 1. The van der Waals surface area contributed by atoms with Gasteiger partial charge in [0.05, 0.1) is 18.0 Å². The number of carbonyl (C=O) groups is 2. The van der Waals surface area contributed by atoms with E-state index in [-0.39, 0.29) is 23.9 Å². The Balaban J connectivity index is 1.79. The van der Waals surface area contributed by atoms with Gasteiger partial charge >= 0.3 is 5.97 Å². The lowest BCUT2D eigenvalue weighted by Gasteiger charge is -2.37. The summed E-state index contributed by atoms with van der Waals surface area (Å²) in [6.45, 7) is 4.79. The van der Waals surface area contributed by atoms with E-state index in [4.69, 9.17) is 9.52 Å². The van der Waals surface area contributed by atoms with E-state index in [2.05, 4.69) is 6.92 Å². The molecule has 1 N–H and O–H groups in total. The summed E-state index contributed by atoms with van der Waals surface area (Å²) in [5.74, 6) is 1.24. The van der Waals surface area contributed by atoms with Crippen molar-refractivity contribution in [3.63, 3.8) is 0 Å². The fourth-order valence-corrected chi connectivity index (χ4v) is 3.43. The van der Waals surface area contributed by atoms with Crippen LogP contribution in [-0.4, -0.2) is 28.4 Å². The maximum Gasteiger partial charge on any atom is 0.335 e. The Morgan fingerprint density at radius 3 is 2.76 bits per heavy atom. The molecule has 1 aliphatic rings. The van der Waals surface area contributed by atoms with Gasteiger partial charge in [0.25, 0.3) is 0 Å². The van der Waals surface area contributed by atoms with E-state index in [1.807, 2.05) is 24.0 Å². The number of carboxylic acid groups (broad SMARTS) is 1. The van der Waals surface area contributed by atoms with Crippen LogP contribution in [0.4, 0.5) is 0 Å². The highest BCUT2D eigenvalue weighted by Gasteiger charge is 2.32. The standard InChI is InChI=1S/C20H23NO4/c1-13-8-9-21(17(10-13)18-7-6-14(2)25-18)19(22)12-15-4-3-5-16(11-15)20(23)24/h3-7,11,13,17H,8-10,12H2,1-2H3,(H,23,24). The molecule has 0 aliphatic carbocycles. The molecule has 132 valence electrons. The molecule has 2 atom stereocenters. The number of aromatic carboxylic acids is 1. The van der Waals surface area contributed by atoms with Gasteiger partial charge < -0.3 is 14.4 Å². The van der Waals surface area contributed by atoms with Crippen LogP contribution < -0.4 is 0 Å². The number of piperidine rings is 1. The Morgan fingerprint density at radius 1 is 1.28 bits per heavy atom. The first kappa shape index (κ1) is 17.3. The third-order valence-corrected chi connectivity index (χ3v) is 4.80. The molecule has 25 heavy (non-hydrogen) atoms. The summed E-state index contributed by atoms with van der Waals surface area (Å²) in [4.78, 5) is 25.9. The summed E-state index contributed by atoms with van der Waals surface area (Å²) in [7, 11) is 0. The minimum absolute atomic E-state index is 0.00786. The molecule has 1 aromatic heterocycles. The molecule has 0 saturated carbocycles. The van der Waals surface area contributed by atoms with E-state index in [1.165, 1.54) is 6.07 Å². The third-order valence-electron chi connectivity index (χ3n) is 4.80. The highest BCUT2D eigenvalue weighted by molar-refractivity contribution is 5.88. The number of hydrogen-bond donors (Lipinski definition) is 1. The van der Waals surface area contributed by atoms with Crippen LogP contribution in [0.5, 0.6) is 0 Å². The van der Waals surface area contributed by atoms with Gasteiger partial charge in [0.15, 0.2) is 0 Å². The molecule has 1 aliphatic heterocycles. The molecule has 2 aromatic rings. The van der Waals surface area contributed by atoms with Crippen LogP contribution in [0.3, 0.4) is 0 Å².